The van der Waals surface area contributed by atoms with E-state index in [0.29, 0.717) is 12.4 Å². The summed E-state index contributed by atoms with van der Waals surface area (Å²) in [4.78, 5) is 10.6. The fraction of sp³-hybridized carbons (Fsp3) is 0.455. The summed E-state index contributed by atoms with van der Waals surface area (Å²) >= 11 is 0. The number of aromatic nitrogens is 3. The van der Waals surface area contributed by atoms with Crippen LogP contribution in [0.2, 0.25) is 0 Å². The third-order valence-corrected chi connectivity index (χ3v) is 2.51. The van der Waals surface area contributed by atoms with E-state index in [0.717, 1.165) is 24.6 Å². The topological polar surface area (TPSA) is 68.7 Å². The first kappa shape index (κ1) is 11.7. The van der Waals surface area contributed by atoms with Crippen LogP contribution in [0.4, 0.5) is 11.6 Å². The third kappa shape index (κ3) is 2.47. The number of rotatable bonds is 5. The van der Waals surface area contributed by atoms with Crippen LogP contribution in [0, 0.1) is 0 Å². The molecule has 2 heterocycles. The Bertz CT molecular complexity index is 496. The Morgan fingerprint density at radius 1 is 1.53 bits per heavy atom. The van der Waals surface area contributed by atoms with Gasteiger partial charge in [-0.25, -0.2) is 9.97 Å². The van der Waals surface area contributed by atoms with Crippen LogP contribution in [0.15, 0.2) is 18.6 Å². The van der Waals surface area contributed by atoms with Crippen molar-refractivity contribution in [2.75, 3.05) is 37.4 Å². The summed E-state index contributed by atoms with van der Waals surface area (Å²) in [5.41, 5.74) is 6.56. The zero-order valence-corrected chi connectivity index (χ0v) is 10.1. The molecule has 6 nitrogen and oxygen atoms in total. The molecule has 0 saturated heterocycles. The zero-order valence-electron chi connectivity index (χ0n) is 10.1. The second-order valence-electron chi connectivity index (χ2n) is 3.77. The van der Waals surface area contributed by atoms with Crippen LogP contribution >= 0.6 is 0 Å². The number of imidazole rings is 1. The minimum Gasteiger partial charge on any atom is -0.382 e. The number of anilines is 2. The van der Waals surface area contributed by atoms with Crippen LogP contribution in [0.5, 0.6) is 0 Å². The predicted octanol–water partition coefficient (Wildman–Crippen LogP) is 0.784. The number of ether oxygens (including phenoxy) is 1. The molecule has 0 aromatic carbocycles. The summed E-state index contributed by atoms with van der Waals surface area (Å²) < 4.78 is 7.19. The van der Waals surface area contributed by atoms with Crippen molar-refractivity contribution in [1.82, 2.24) is 14.4 Å². The molecular formula is C11H17N5O. The van der Waals surface area contributed by atoms with Gasteiger partial charge in [0, 0.05) is 32.6 Å². The smallest absolute Gasteiger partial charge is 0.180 e. The first-order valence-electron chi connectivity index (χ1n) is 5.60. The Balaban J connectivity index is 2.24. The maximum atomic E-state index is 5.76. The van der Waals surface area contributed by atoms with Crippen LogP contribution in [0.25, 0.3) is 5.65 Å². The van der Waals surface area contributed by atoms with E-state index in [1.165, 1.54) is 0 Å². The molecule has 17 heavy (non-hydrogen) atoms. The van der Waals surface area contributed by atoms with E-state index in [9.17, 15) is 0 Å². The summed E-state index contributed by atoms with van der Waals surface area (Å²) in [6, 6.07) is 0. The van der Waals surface area contributed by atoms with Gasteiger partial charge in [-0.2, -0.15) is 0 Å². The van der Waals surface area contributed by atoms with Crippen molar-refractivity contribution < 1.29 is 4.74 Å². The van der Waals surface area contributed by atoms with E-state index in [1.807, 2.05) is 29.5 Å². The average Bonchev–Trinajstić information content (AvgIpc) is 2.75. The lowest BCUT2D eigenvalue weighted by Gasteiger charge is -2.18. The Morgan fingerprint density at radius 3 is 3.12 bits per heavy atom. The number of fused-ring (bicyclic) bond motifs is 1. The molecule has 0 saturated carbocycles. The maximum absolute atomic E-state index is 5.76. The number of nitrogens with two attached hydrogens (primary N) is 1. The number of nitrogens with zero attached hydrogens (tertiary/aromatic N) is 4. The molecule has 0 unspecified atom stereocenters. The maximum Gasteiger partial charge on any atom is 0.180 e. The number of hydrogen-bond acceptors (Lipinski definition) is 5. The summed E-state index contributed by atoms with van der Waals surface area (Å²) in [5, 5.41) is 0. The van der Waals surface area contributed by atoms with E-state index in [-0.39, 0.29) is 0 Å². The summed E-state index contributed by atoms with van der Waals surface area (Å²) in [7, 11) is 1.95. The molecule has 0 fully saturated rings. The highest BCUT2D eigenvalue weighted by Crippen LogP contribution is 2.17. The SMILES string of the molecule is CCOCCN(C)c1nc(N)cn2ccnc12. The molecule has 0 aliphatic carbocycles. The number of nitrogen functional groups attached to an aromatic ring is 1. The van der Waals surface area contributed by atoms with Crippen molar-refractivity contribution in [3.8, 4) is 0 Å². The van der Waals surface area contributed by atoms with Gasteiger partial charge in [-0.05, 0) is 6.92 Å². The third-order valence-electron chi connectivity index (χ3n) is 2.51. The van der Waals surface area contributed by atoms with Gasteiger partial charge >= 0.3 is 0 Å². The fourth-order valence-corrected chi connectivity index (χ4v) is 1.64. The van der Waals surface area contributed by atoms with E-state index < -0.39 is 0 Å². The highest BCUT2D eigenvalue weighted by molar-refractivity contribution is 5.65. The number of hydrogen-bond donors (Lipinski definition) is 1. The van der Waals surface area contributed by atoms with Crippen LogP contribution in [0.3, 0.4) is 0 Å². The highest BCUT2D eigenvalue weighted by Gasteiger charge is 2.10. The first-order chi connectivity index (χ1) is 8.22. The molecule has 0 aliphatic heterocycles. The molecule has 0 aliphatic rings. The van der Waals surface area contributed by atoms with E-state index in [2.05, 4.69) is 9.97 Å². The summed E-state index contributed by atoms with van der Waals surface area (Å²) in [6.07, 6.45) is 5.34. The van der Waals surface area contributed by atoms with Gasteiger partial charge < -0.3 is 19.8 Å². The Kier molecular flexibility index (Phi) is 3.43. The lowest BCUT2D eigenvalue weighted by molar-refractivity contribution is 0.154. The van der Waals surface area contributed by atoms with Crippen molar-refractivity contribution in [3.63, 3.8) is 0 Å². The highest BCUT2D eigenvalue weighted by atomic mass is 16.5. The summed E-state index contributed by atoms with van der Waals surface area (Å²) in [6.45, 7) is 4.12. The van der Waals surface area contributed by atoms with Crippen molar-refractivity contribution in [3.05, 3.63) is 18.6 Å². The lowest BCUT2D eigenvalue weighted by atomic mass is 10.5. The minimum atomic E-state index is 0.480. The van der Waals surface area contributed by atoms with Gasteiger partial charge in [-0.3, -0.25) is 0 Å². The molecule has 0 bridgehead atoms. The van der Waals surface area contributed by atoms with Crippen LogP contribution in [-0.4, -0.2) is 41.2 Å². The Morgan fingerprint density at radius 2 is 2.35 bits per heavy atom. The normalized spacial score (nSPS) is 10.9. The van der Waals surface area contributed by atoms with Gasteiger partial charge in [0.05, 0.1) is 12.8 Å². The van der Waals surface area contributed by atoms with Gasteiger partial charge in [0.2, 0.25) is 0 Å². The molecule has 2 rings (SSSR count). The Hall–Kier alpha value is -1.82. The Labute approximate surface area is 100 Å². The largest absolute Gasteiger partial charge is 0.382 e. The average molecular weight is 235 g/mol. The molecule has 6 heteroatoms. The van der Waals surface area contributed by atoms with Crippen molar-refractivity contribution in [1.29, 1.82) is 0 Å². The summed E-state index contributed by atoms with van der Waals surface area (Å²) in [5.74, 6) is 1.25. The quantitative estimate of drug-likeness (QED) is 0.776. The second-order valence-corrected chi connectivity index (χ2v) is 3.77. The molecular weight excluding hydrogens is 218 g/mol. The molecule has 0 amide bonds. The first-order valence-corrected chi connectivity index (χ1v) is 5.60. The molecule has 0 radical (unpaired) electrons. The lowest BCUT2D eigenvalue weighted by Crippen LogP contribution is -2.24. The zero-order chi connectivity index (χ0) is 12.3. The number of likely N-dealkylation sites (N-methyl/N-ethyl adjacent to an activating group) is 1. The predicted molar refractivity (Wildman–Crippen MR) is 67.2 cm³/mol. The monoisotopic (exact) mass is 235 g/mol. The van der Waals surface area contributed by atoms with Crippen LogP contribution in [0.1, 0.15) is 6.92 Å². The van der Waals surface area contributed by atoms with Crippen molar-refractivity contribution in [2.45, 2.75) is 6.92 Å². The standard InChI is InChI=1S/C11H17N5O/c1-3-17-7-6-15(2)11-10-13-4-5-16(10)8-9(12)14-11/h4-5,8H,3,6-7,12H2,1-2H3. The van der Waals surface area contributed by atoms with Crippen molar-refractivity contribution in [2.24, 2.45) is 0 Å². The van der Waals surface area contributed by atoms with Gasteiger partial charge in [-0.1, -0.05) is 0 Å². The van der Waals surface area contributed by atoms with Crippen molar-refractivity contribution >= 4 is 17.3 Å². The molecule has 2 N–H and O–H groups in total. The van der Waals surface area contributed by atoms with Gasteiger partial charge in [-0.15, -0.1) is 0 Å². The van der Waals surface area contributed by atoms with E-state index in [4.69, 9.17) is 10.5 Å². The fourth-order valence-electron chi connectivity index (χ4n) is 1.64. The second kappa shape index (κ2) is 5.01. The van der Waals surface area contributed by atoms with E-state index in [1.54, 1.807) is 12.4 Å². The molecule has 2 aromatic rings. The van der Waals surface area contributed by atoms with Crippen LogP contribution in [-0.2, 0) is 4.74 Å². The van der Waals surface area contributed by atoms with Crippen LogP contribution < -0.4 is 10.6 Å². The molecule has 2 aromatic heterocycles. The minimum absolute atomic E-state index is 0.480. The van der Waals surface area contributed by atoms with E-state index >= 15 is 0 Å². The van der Waals surface area contributed by atoms with Gasteiger partial charge in [0.1, 0.15) is 5.82 Å². The molecule has 92 valence electrons. The molecule has 0 spiro atoms. The van der Waals surface area contributed by atoms with Gasteiger partial charge in [0.25, 0.3) is 0 Å². The molecule has 0 atom stereocenters. The van der Waals surface area contributed by atoms with Gasteiger partial charge in [0.15, 0.2) is 11.5 Å².